The highest BCUT2D eigenvalue weighted by Crippen LogP contribution is 2.27. The summed E-state index contributed by atoms with van der Waals surface area (Å²) in [5.41, 5.74) is 9.02. The minimum atomic E-state index is -0.895. The summed E-state index contributed by atoms with van der Waals surface area (Å²) >= 11 is 0. The van der Waals surface area contributed by atoms with E-state index in [0.717, 1.165) is 0 Å². The maximum atomic E-state index is 10.3. The van der Waals surface area contributed by atoms with E-state index < -0.39 is 5.97 Å². The number of carboxylic acids is 1. The van der Waals surface area contributed by atoms with E-state index in [4.69, 9.17) is 10.6 Å². The number of phenols is 1. The molecule has 0 radical (unpaired) electrons. The van der Waals surface area contributed by atoms with Crippen molar-refractivity contribution in [2.75, 3.05) is 0 Å². The third-order valence-electron chi connectivity index (χ3n) is 1.82. The van der Waals surface area contributed by atoms with Crippen LogP contribution in [0, 0.1) is 0 Å². The van der Waals surface area contributed by atoms with E-state index in [9.17, 15) is 9.90 Å². The highest BCUT2D eigenvalue weighted by atomic mass is 16.4. The van der Waals surface area contributed by atoms with Crippen molar-refractivity contribution in [3.05, 3.63) is 34.2 Å². The molecule has 1 aromatic carbocycles. The molecule has 0 aliphatic rings. The average molecular weight is 207 g/mol. The predicted octanol–water partition coefficient (Wildman–Crippen LogP) is 2.35. The summed E-state index contributed by atoms with van der Waals surface area (Å²) in [6, 6.07) is 4.44. The molecule has 0 aliphatic heterocycles. The first-order chi connectivity index (χ1) is 7.13. The Morgan fingerprint density at radius 1 is 1.53 bits per heavy atom. The Bertz CT molecular complexity index is 425. The van der Waals surface area contributed by atoms with Gasteiger partial charge in [-0.2, -0.15) is 0 Å². The van der Waals surface area contributed by atoms with Crippen molar-refractivity contribution < 1.29 is 15.0 Å². The predicted molar refractivity (Wildman–Crippen MR) is 52.9 cm³/mol. The summed E-state index contributed by atoms with van der Waals surface area (Å²) in [5.74, 6) is -1.01. The smallest absolute Gasteiger partial charge is 0.303 e. The van der Waals surface area contributed by atoms with Gasteiger partial charge in [-0.25, -0.2) is 0 Å². The Hall–Kier alpha value is -2.20. The number of aliphatic carboxylic acids is 1. The van der Waals surface area contributed by atoms with Crippen LogP contribution >= 0.6 is 0 Å². The minimum Gasteiger partial charge on any atom is -0.507 e. The normalized spacial score (nSPS) is 9.33. The molecule has 0 aromatic heterocycles. The van der Waals surface area contributed by atoms with Crippen LogP contribution in [-0.2, 0) is 11.2 Å². The molecular weight excluding hydrogens is 198 g/mol. The Kier molecular flexibility index (Phi) is 3.54. The summed E-state index contributed by atoms with van der Waals surface area (Å²) < 4.78 is 0. The Labute approximate surface area is 85.4 Å². The summed E-state index contributed by atoms with van der Waals surface area (Å²) in [4.78, 5) is 12.9. The second-order valence-corrected chi connectivity index (χ2v) is 2.91. The molecule has 1 rings (SSSR count). The van der Waals surface area contributed by atoms with Crippen LogP contribution in [0.4, 0.5) is 5.69 Å². The standard InChI is InChI=1S/C9H9N3O3/c10-12-11-7-5-6(1-3-8(7)13)2-4-9(14)15/h1,3,5,13H,2,4H2,(H,14,15). The summed E-state index contributed by atoms with van der Waals surface area (Å²) in [6.45, 7) is 0. The van der Waals surface area contributed by atoms with Crippen LogP contribution in [0.1, 0.15) is 12.0 Å². The zero-order valence-corrected chi connectivity index (χ0v) is 7.79. The summed E-state index contributed by atoms with van der Waals surface area (Å²) in [5, 5.41) is 21.0. The van der Waals surface area contributed by atoms with E-state index in [0.29, 0.717) is 12.0 Å². The summed E-state index contributed by atoms with van der Waals surface area (Å²) in [6.07, 6.45) is 0.337. The molecule has 0 spiro atoms. The number of aryl methyl sites for hydroxylation is 1. The zero-order chi connectivity index (χ0) is 11.3. The fourth-order valence-electron chi connectivity index (χ4n) is 1.10. The molecule has 6 heteroatoms. The van der Waals surface area contributed by atoms with Crippen molar-refractivity contribution in [3.8, 4) is 5.75 Å². The van der Waals surface area contributed by atoms with Gasteiger partial charge in [0, 0.05) is 11.3 Å². The number of aromatic hydroxyl groups is 1. The molecule has 0 heterocycles. The van der Waals surface area contributed by atoms with Crippen molar-refractivity contribution >= 4 is 11.7 Å². The van der Waals surface area contributed by atoms with Crippen LogP contribution in [0.25, 0.3) is 10.4 Å². The number of hydrogen-bond acceptors (Lipinski definition) is 3. The molecule has 2 N–H and O–H groups in total. The minimum absolute atomic E-state index is 0.000479. The van der Waals surface area contributed by atoms with Crippen molar-refractivity contribution in [2.24, 2.45) is 5.11 Å². The van der Waals surface area contributed by atoms with Crippen LogP contribution in [0.5, 0.6) is 5.75 Å². The van der Waals surface area contributed by atoms with Gasteiger partial charge in [0.1, 0.15) is 5.75 Å². The van der Waals surface area contributed by atoms with Gasteiger partial charge in [0.2, 0.25) is 0 Å². The highest BCUT2D eigenvalue weighted by Gasteiger charge is 2.03. The monoisotopic (exact) mass is 207 g/mol. The molecule has 0 bridgehead atoms. The van der Waals surface area contributed by atoms with Crippen LogP contribution < -0.4 is 0 Å². The van der Waals surface area contributed by atoms with Gasteiger partial charge in [0.05, 0.1) is 5.69 Å². The molecular formula is C9H9N3O3. The van der Waals surface area contributed by atoms with Gasteiger partial charge in [-0.3, -0.25) is 4.79 Å². The number of benzene rings is 1. The molecule has 78 valence electrons. The fraction of sp³-hybridized carbons (Fsp3) is 0.222. The largest absolute Gasteiger partial charge is 0.507 e. The maximum Gasteiger partial charge on any atom is 0.303 e. The lowest BCUT2D eigenvalue weighted by Gasteiger charge is -2.02. The molecule has 0 atom stereocenters. The fourth-order valence-corrected chi connectivity index (χ4v) is 1.10. The number of rotatable bonds is 4. The average Bonchev–Trinajstić information content (AvgIpc) is 2.19. The Balaban J connectivity index is 2.87. The van der Waals surface area contributed by atoms with Crippen LogP contribution in [-0.4, -0.2) is 16.2 Å². The second-order valence-electron chi connectivity index (χ2n) is 2.91. The SMILES string of the molecule is [N-]=[N+]=Nc1cc(CCC(=O)O)ccc1O. The van der Waals surface area contributed by atoms with Gasteiger partial charge in [0.15, 0.2) is 0 Å². The lowest BCUT2D eigenvalue weighted by Crippen LogP contribution is -1.97. The summed E-state index contributed by atoms with van der Waals surface area (Å²) in [7, 11) is 0. The molecule has 0 fully saturated rings. The van der Waals surface area contributed by atoms with E-state index in [1.54, 1.807) is 6.07 Å². The van der Waals surface area contributed by atoms with Crippen molar-refractivity contribution in [1.29, 1.82) is 0 Å². The molecule has 6 nitrogen and oxygen atoms in total. The first-order valence-corrected chi connectivity index (χ1v) is 4.22. The molecule has 0 saturated heterocycles. The number of carboxylic acid groups (broad SMARTS) is 1. The molecule has 0 unspecified atom stereocenters. The van der Waals surface area contributed by atoms with Crippen LogP contribution in [0.3, 0.4) is 0 Å². The quantitative estimate of drug-likeness (QED) is 0.449. The van der Waals surface area contributed by atoms with Crippen molar-refractivity contribution in [3.63, 3.8) is 0 Å². The highest BCUT2D eigenvalue weighted by molar-refractivity contribution is 5.67. The van der Waals surface area contributed by atoms with Gasteiger partial charge in [-0.1, -0.05) is 11.2 Å². The first kappa shape index (κ1) is 10.9. The number of phenolic OH excluding ortho intramolecular Hbond substituents is 1. The molecule has 15 heavy (non-hydrogen) atoms. The number of carbonyl (C=O) groups is 1. The maximum absolute atomic E-state index is 10.3. The van der Waals surface area contributed by atoms with E-state index >= 15 is 0 Å². The third-order valence-corrected chi connectivity index (χ3v) is 1.82. The number of nitrogens with zero attached hydrogens (tertiary/aromatic N) is 3. The number of hydrogen-bond donors (Lipinski definition) is 2. The Morgan fingerprint density at radius 2 is 2.27 bits per heavy atom. The van der Waals surface area contributed by atoms with Crippen LogP contribution in [0.15, 0.2) is 23.3 Å². The third kappa shape index (κ3) is 3.21. The lowest BCUT2D eigenvalue weighted by molar-refractivity contribution is -0.136. The van der Waals surface area contributed by atoms with Gasteiger partial charge in [0.25, 0.3) is 0 Å². The van der Waals surface area contributed by atoms with Crippen molar-refractivity contribution in [1.82, 2.24) is 0 Å². The topological polar surface area (TPSA) is 106 Å². The van der Waals surface area contributed by atoms with E-state index in [2.05, 4.69) is 10.0 Å². The lowest BCUT2D eigenvalue weighted by atomic mass is 10.1. The number of azide groups is 1. The van der Waals surface area contributed by atoms with Gasteiger partial charge >= 0.3 is 5.97 Å². The van der Waals surface area contributed by atoms with Gasteiger partial charge < -0.3 is 10.2 Å². The van der Waals surface area contributed by atoms with Crippen molar-refractivity contribution in [2.45, 2.75) is 12.8 Å². The first-order valence-electron chi connectivity index (χ1n) is 4.22. The molecule has 0 saturated carbocycles. The van der Waals surface area contributed by atoms with E-state index in [1.807, 2.05) is 0 Å². The van der Waals surface area contributed by atoms with Crippen LogP contribution in [0.2, 0.25) is 0 Å². The van der Waals surface area contributed by atoms with Gasteiger partial charge in [-0.15, -0.1) is 0 Å². The zero-order valence-electron chi connectivity index (χ0n) is 7.79. The van der Waals surface area contributed by atoms with Gasteiger partial charge in [-0.05, 0) is 29.6 Å². The van der Waals surface area contributed by atoms with E-state index in [1.165, 1.54) is 12.1 Å². The molecule has 1 aromatic rings. The second kappa shape index (κ2) is 4.88. The van der Waals surface area contributed by atoms with E-state index in [-0.39, 0.29) is 17.9 Å². The Morgan fingerprint density at radius 3 is 2.87 bits per heavy atom. The molecule has 0 amide bonds. The molecule has 0 aliphatic carbocycles.